The van der Waals surface area contributed by atoms with Gasteiger partial charge < -0.3 is 9.88 Å². The Morgan fingerprint density at radius 2 is 2.00 bits per heavy atom. The number of benzene rings is 1. The lowest BCUT2D eigenvalue weighted by Crippen LogP contribution is -2.23. The van der Waals surface area contributed by atoms with Crippen LogP contribution in [0, 0.1) is 6.92 Å². The number of aryl methyl sites for hydroxylation is 2. The highest BCUT2D eigenvalue weighted by atomic mass is 16.1. The van der Waals surface area contributed by atoms with Crippen LogP contribution in [0.3, 0.4) is 0 Å². The molecular formula is C21H22N6O2. The van der Waals surface area contributed by atoms with Crippen molar-refractivity contribution in [3.8, 4) is 0 Å². The molecule has 1 aromatic carbocycles. The molecule has 3 heterocycles. The maximum absolute atomic E-state index is 12.8. The molecule has 0 aliphatic carbocycles. The molecular weight excluding hydrogens is 368 g/mol. The van der Waals surface area contributed by atoms with Gasteiger partial charge in [0.25, 0.3) is 11.5 Å². The molecule has 0 saturated heterocycles. The number of fused-ring (bicyclic) bond motifs is 2. The van der Waals surface area contributed by atoms with Crippen molar-refractivity contribution < 1.29 is 4.79 Å². The summed E-state index contributed by atoms with van der Waals surface area (Å²) < 4.78 is 3.50. The van der Waals surface area contributed by atoms with Crippen LogP contribution in [0.25, 0.3) is 22.1 Å². The fourth-order valence-electron chi connectivity index (χ4n) is 3.42. The van der Waals surface area contributed by atoms with Gasteiger partial charge in [0.2, 0.25) is 0 Å². The summed E-state index contributed by atoms with van der Waals surface area (Å²) in [5.41, 5.74) is 3.46. The first-order valence-electron chi connectivity index (χ1n) is 9.55. The largest absolute Gasteiger partial charge is 0.321 e. The topological polar surface area (TPSA) is 94.7 Å². The molecule has 1 N–H and O–H groups in total. The molecule has 8 heteroatoms. The average molecular weight is 390 g/mol. The minimum Gasteiger partial charge on any atom is -0.321 e. The molecule has 3 aromatic heterocycles. The van der Waals surface area contributed by atoms with Gasteiger partial charge in [-0.2, -0.15) is 5.10 Å². The van der Waals surface area contributed by atoms with Crippen molar-refractivity contribution in [2.75, 3.05) is 5.32 Å². The van der Waals surface area contributed by atoms with Crippen molar-refractivity contribution in [1.82, 2.24) is 24.3 Å². The molecule has 1 amide bonds. The Labute approximate surface area is 167 Å². The Balaban J connectivity index is 1.66. The molecule has 4 rings (SSSR count). The van der Waals surface area contributed by atoms with Crippen molar-refractivity contribution in [1.29, 1.82) is 0 Å². The molecule has 4 aromatic rings. The minimum atomic E-state index is -0.266. The van der Waals surface area contributed by atoms with E-state index in [0.29, 0.717) is 34.5 Å². The minimum absolute atomic E-state index is 0.112. The van der Waals surface area contributed by atoms with E-state index in [2.05, 4.69) is 20.4 Å². The number of amides is 1. The van der Waals surface area contributed by atoms with E-state index in [0.717, 1.165) is 11.0 Å². The fraction of sp³-hybridized carbons (Fsp3) is 0.286. The van der Waals surface area contributed by atoms with Gasteiger partial charge in [-0.3, -0.25) is 9.59 Å². The van der Waals surface area contributed by atoms with Crippen LogP contribution in [-0.2, 0) is 6.54 Å². The molecule has 0 spiro atoms. The van der Waals surface area contributed by atoms with E-state index in [4.69, 9.17) is 0 Å². The highest BCUT2D eigenvalue weighted by Gasteiger charge is 2.13. The summed E-state index contributed by atoms with van der Waals surface area (Å²) in [6, 6.07) is 7.21. The number of pyridine rings is 1. The van der Waals surface area contributed by atoms with Gasteiger partial charge in [-0.25, -0.2) is 14.6 Å². The lowest BCUT2D eigenvalue weighted by molar-refractivity contribution is 0.102. The van der Waals surface area contributed by atoms with Crippen LogP contribution >= 0.6 is 0 Å². The molecule has 0 saturated carbocycles. The lowest BCUT2D eigenvalue weighted by Gasteiger charge is -2.11. The van der Waals surface area contributed by atoms with Crippen molar-refractivity contribution in [2.24, 2.45) is 0 Å². The second-order valence-electron chi connectivity index (χ2n) is 7.22. The van der Waals surface area contributed by atoms with Crippen LogP contribution in [0.2, 0.25) is 0 Å². The molecule has 0 unspecified atom stereocenters. The maximum atomic E-state index is 12.8. The normalized spacial score (nSPS) is 11.5. The third-order valence-corrected chi connectivity index (χ3v) is 4.87. The van der Waals surface area contributed by atoms with E-state index in [-0.39, 0.29) is 17.5 Å². The third kappa shape index (κ3) is 3.26. The predicted octanol–water partition coefficient (Wildman–Crippen LogP) is 3.30. The highest BCUT2D eigenvalue weighted by Crippen LogP contribution is 2.20. The molecule has 29 heavy (non-hydrogen) atoms. The number of carbonyl (C=O) groups excluding carboxylic acids is 1. The standard InChI is InChI=1S/C21H22N6O2/c1-5-26-18-7-6-14(9-17(18)24-13(4)21(26)29)20(28)25-16-8-15-10-23-27(12(2)3)19(15)22-11-16/h6-12H,5H2,1-4H3,(H,25,28). The molecule has 0 bridgehead atoms. The monoisotopic (exact) mass is 390 g/mol. The number of nitrogens with zero attached hydrogens (tertiary/aromatic N) is 5. The number of hydrogen-bond donors (Lipinski definition) is 1. The SMILES string of the molecule is CCn1c(=O)c(C)nc2cc(C(=O)Nc3cnc4c(cnn4C(C)C)c3)ccc21. The Hall–Kier alpha value is -3.55. The van der Waals surface area contributed by atoms with E-state index in [9.17, 15) is 9.59 Å². The molecule has 148 valence electrons. The van der Waals surface area contributed by atoms with E-state index < -0.39 is 0 Å². The number of nitrogens with one attached hydrogen (secondary N) is 1. The Bertz CT molecular complexity index is 1300. The van der Waals surface area contributed by atoms with Crippen LogP contribution in [0.4, 0.5) is 5.69 Å². The van der Waals surface area contributed by atoms with Crippen molar-refractivity contribution in [3.05, 3.63) is 58.3 Å². The van der Waals surface area contributed by atoms with E-state index in [1.54, 1.807) is 42.1 Å². The van der Waals surface area contributed by atoms with Crippen molar-refractivity contribution in [2.45, 2.75) is 40.3 Å². The average Bonchev–Trinajstić information content (AvgIpc) is 3.12. The van der Waals surface area contributed by atoms with Crippen molar-refractivity contribution >= 4 is 33.7 Å². The summed E-state index contributed by atoms with van der Waals surface area (Å²) in [5.74, 6) is -0.266. The van der Waals surface area contributed by atoms with E-state index in [1.807, 2.05) is 31.5 Å². The van der Waals surface area contributed by atoms with Gasteiger partial charge in [-0.15, -0.1) is 0 Å². The molecule has 0 radical (unpaired) electrons. The number of hydrogen-bond acceptors (Lipinski definition) is 5. The zero-order chi connectivity index (χ0) is 20.7. The molecule has 0 aliphatic heterocycles. The van der Waals surface area contributed by atoms with Gasteiger partial charge in [-0.05, 0) is 52.0 Å². The predicted molar refractivity (Wildman–Crippen MR) is 112 cm³/mol. The van der Waals surface area contributed by atoms with Crippen LogP contribution < -0.4 is 10.9 Å². The Morgan fingerprint density at radius 3 is 2.72 bits per heavy atom. The second-order valence-corrected chi connectivity index (χ2v) is 7.22. The fourth-order valence-corrected chi connectivity index (χ4v) is 3.42. The summed E-state index contributed by atoms with van der Waals surface area (Å²) >= 11 is 0. The van der Waals surface area contributed by atoms with Crippen LogP contribution in [0.5, 0.6) is 0 Å². The van der Waals surface area contributed by atoms with Gasteiger partial charge in [-0.1, -0.05) is 0 Å². The summed E-state index contributed by atoms with van der Waals surface area (Å²) in [4.78, 5) is 33.8. The first-order valence-corrected chi connectivity index (χ1v) is 9.55. The quantitative estimate of drug-likeness (QED) is 0.577. The van der Waals surface area contributed by atoms with Gasteiger partial charge >= 0.3 is 0 Å². The second kappa shape index (κ2) is 7.12. The van der Waals surface area contributed by atoms with E-state index >= 15 is 0 Å². The molecule has 0 aliphatic rings. The summed E-state index contributed by atoms with van der Waals surface area (Å²) in [5, 5.41) is 8.08. The summed E-state index contributed by atoms with van der Waals surface area (Å²) in [6.45, 7) is 8.21. The van der Waals surface area contributed by atoms with E-state index in [1.165, 1.54) is 0 Å². The third-order valence-electron chi connectivity index (χ3n) is 4.87. The Kier molecular flexibility index (Phi) is 4.62. The van der Waals surface area contributed by atoms with Crippen LogP contribution in [0.15, 0.2) is 41.5 Å². The number of aromatic nitrogens is 5. The van der Waals surface area contributed by atoms with Crippen molar-refractivity contribution in [3.63, 3.8) is 0 Å². The summed E-state index contributed by atoms with van der Waals surface area (Å²) in [7, 11) is 0. The molecule has 8 nitrogen and oxygen atoms in total. The molecule has 0 fully saturated rings. The number of anilines is 1. The lowest BCUT2D eigenvalue weighted by atomic mass is 10.1. The van der Waals surface area contributed by atoms with Gasteiger partial charge in [0, 0.05) is 23.5 Å². The first kappa shape index (κ1) is 18.8. The van der Waals surface area contributed by atoms with Crippen LogP contribution in [0.1, 0.15) is 42.9 Å². The zero-order valence-electron chi connectivity index (χ0n) is 16.8. The first-order chi connectivity index (χ1) is 13.9. The highest BCUT2D eigenvalue weighted by molar-refractivity contribution is 6.06. The zero-order valence-corrected chi connectivity index (χ0v) is 16.8. The summed E-state index contributed by atoms with van der Waals surface area (Å²) in [6.07, 6.45) is 3.36. The molecule has 0 atom stereocenters. The number of carbonyl (C=O) groups is 1. The maximum Gasteiger partial charge on any atom is 0.272 e. The van der Waals surface area contributed by atoms with Gasteiger partial charge in [0.1, 0.15) is 5.69 Å². The number of rotatable bonds is 4. The smallest absolute Gasteiger partial charge is 0.272 e. The Morgan fingerprint density at radius 1 is 1.21 bits per heavy atom. The van der Waals surface area contributed by atoms with Gasteiger partial charge in [0.05, 0.1) is 29.1 Å². The van der Waals surface area contributed by atoms with Crippen LogP contribution in [-0.4, -0.2) is 30.2 Å². The van der Waals surface area contributed by atoms with Gasteiger partial charge in [0.15, 0.2) is 5.65 Å².